The zero-order chi connectivity index (χ0) is 31.1. The Morgan fingerprint density at radius 2 is 1.76 bits per heavy atom. The molecule has 1 amide bonds. The summed E-state index contributed by atoms with van der Waals surface area (Å²) in [6.07, 6.45) is -3.58. The van der Waals surface area contributed by atoms with E-state index in [0.717, 1.165) is 11.1 Å². The van der Waals surface area contributed by atoms with Gasteiger partial charge in [0.15, 0.2) is 18.1 Å². The van der Waals surface area contributed by atoms with Crippen molar-refractivity contribution in [2.45, 2.75) is 64.8 Å². The molecule has 12 heteroatoms. The number of aromatic carboxylic acids is 1. The topological polar surface area (TPSA) is 109 Å². The van der Waals surface area contributed by atoms with Crippen LogP contribution in [0.25, 0.3) is 0 Å². The zero-order valence-electron chi connectivity index (χ0n) is 24.4. The van der Waals surface area contributed by atoms with Crippen LogP contribution in [-0.4, -0.2) is 84.4 Å². The Hall–Kier alpha value is -3.67. The summed E-state index contributed by atoms with van der Waals surface area (Å²) < 4.78 is 54.2. The number of para-hydroxylation sites is 2. The number of aliphatic hydroxyl groups excluding tert-OH is 1. The molecule has 0 spiro atoms. The van der Waals surface area contributed by atoms with E-state index in [1.807, 2.05) is 17.9 Å². The molecule has 2 aromatic carbocycles. The molecule has 1 atom stereocenters. The Morgan fingerprint density at radius 1 is 1.10 bits per heavy atom. The Balaban J connectivity index is 1.78. The fraction of sp³-hybridized carbons (Fsp3) is 0.533. The van der Waals surface area contributed by atoms with Crippen molar-refractivity contribution in [3.05, 3.63) is 53.1 Å². The van der Waals surface area contributed by atoms with Crippen molar-refractivity contribution < 1.29 is 47.2 Å². The lowest BCUT2D eigenvalue weighted by molar-refractivity contribution is -0.153. The van der Waals surface area contributed by atoms with E-state index in [0.29, 0.717) is 38.0 Å². The Morgan fingerprint density at radius 3 is 2.36 bits per heavy atom. The van der Waals surface area contributed by atoms with Crippen LogP contribution in [-0.2, 0) is 17.6 Å². The fourth-order valence-corrected chi connectivity index (χ4v) is 4.82. The van der Waals surface area contributed by atoms with E-state index < -0.39 is 36.5 Å². The van der Waals surface area contributed by atoms with E-state index >= 15 is 0 Å². The highest BCUT2D eigenvalue weighted by Crippen LogP contribution is 2.34. The lowest BCUT2D eigenvalue weighted by atomic mass is 9.98. The number of hydrogen-bond acceptors (Lipinski definition) is 7. The number of aliphatic hydroxyl groups is 1. The monoisotopic (exact) mass is 596 g/mol. The maximum atomic E-state index is 13.2. The number of fused-ring (bicyclic) bond motifs is 1. The summed E-state index contributed by atoms with van der Waals surface area (Å²) in [7, 11) is 0. The maximum absolute atomic E-state index is 13.2. The molecule has 0 bridgehead atoms. The number of carbonyl (C=O) groups is 2. The van der Waals surface area contributed by atoms with Crippen LogP contribution in [0.15, 0.2) is 36.4 Å². The molecule has 0 aromatic heterocycles. The first-order valence-electron chi connectivity index (χ1n) is 13.8. The van der Waals surface area contributed by atoms with Gasteiger partial charge in [0.05, 0.1) is 17.8 Å². The molecule has 0 saturated carbocycles. The fourth-order valence-electron chi connectivity index (χ4n) is 4.82. The first-order valence-corrected chi connectivity index (χ1v) is 13.8. The number of ether oxygens (including phenoxy) is 3. The van der Waals surface area contributed by atoms with Gasteiger partial charge in [-0.25, -0.2) is 9.59 Å². The second-order valence-corrected chi connectivity index (χ2v) is 11.2. The lowest BCUT2D eigenvalue weighted by Gasteiger charge is -2.32. The number of anilines is 1. The van der Waals surface area contributed by atoms with Gasteiger partial charge in [0.1, 0.15) is 12.2 Å². The lowest BCUT2D eigenvalue weighted by Crippen LogP contribution is -2.45. The quantitative estimate of drug-likeness (QED) is 0.320. The normalized spacial score (nSPS) is 13.9. The van der Waals surface area contributed by atoms with Gasteiger partial charge in [0, 0.05) is 25.7 Å². The molecule has 0 fully saturated rings. The molecule has 0 saturated heterocycles. The number of carbonyl (C=O) groups excluding carboxylic acids is 1. The van der Waals surface area contributed by atoms with Gasteiger partial charge in [-0.2, -0.15) is 13.2 Å². The van der Waals surface area contributed by atoms with Crippen LogP contribution in [0.2, 0.25) is 0 Å². The molecule has 1 aliphatic rings. The van der Waals surface area contributed by atoms with Gasteiger partial charge in [0.2, 0.25) is 0 Å². The molecular formula is C30H39F3N2O7. The van der Waals surface area contributed by atoms with Gasteiger partial charge in [0.25, 0.3) is 0 Å². The van der Waals surface area contributed by atoms with E-state index in [9.17, 15) is 33.0 Å². The number of amides is 1. The summed E-state index contributed by atoms with van der Waals surface area (Å²) in [6, 6.07) is 9.11. The van der Waals surface area contributed by atoms with Crippen molar-refractivity contribution in [3.8, 4) is 11.5 Å². The average Bonchev–Trinajstić information content (AvgIpc) is 3.29. The van der Waals surface area contributed by atoms with Crippen molar-refractivity contribution in [1.29, 1.82) is 0 Å². The number of carboxylic acid groups (broad SMARTS) is 1. The smallest absolute Gasteiger partial charge is 0.422 e. The summed E-state index contributed by atoms with van der Waals surface area (Å²) in [4.78, 5) is 28.8. The van der Waals surface area contributed by atoms with Gasteiger partial charge < -0.3 is 34.2 Å². The van der Waals surface area contributed by atoms with Crippen LogP contribution in [0.1, 0.15) is 55.6 Å². The van der Waals surface area contributed by atoms with Crippen LogP contribution in [0, 0.1) is 0 Å². The van der Waals surface area contributed by atoms with Gasteiger partial charge in [-0.1, -0.05) is 18.2 Å². The molecule has 0 aliphatic carbocycles. The summed E-state index contributed by atoms with van der Waals surface area (Å²) in [6.45, 7) is 6.77. The molecule has 0 radical (unpaired) electrons. The van der Waals surface area contributed by atoms with Crippen molar-refractivity contribution in [1.82, 2.24) is 4.90 Å². The van der Waals surface area contributed by atoms with E-state index in [1.54, 1.807) is 32.9 Å². The molecule has 2 aromatic rings. The molecule has 9 nitrogen and oxygen atoms in total. The standard InChI is InChI=1S/C30H39F3N2O7/c1-20(16-21-17-22-10-12-34(11-7-14-36)26(22)23(18-21)27(37)38)35(28(39)42-29(2,3)4)13-15-40-24-8-5-6-9-25(24)41-19-30(31,32)33/h5-6,8-9,17-18,20,36H,7,10-16,19H2,1-4H3,(H,37,38)/t20-/m1/s1. The molecule has 232 valence electrons. The van der Waals surface area contributed by atoms with Crippen molar-refractivity contribution in [2.75, 3.05) is 44.4 Å². The SMILES string of the molecule is C[C@H](Cc1cc2c(c(C(=O)O)c1)N(CCCO)CC2)N(CCOc1ccccc1OCC(F)(F)F)C(=O)OC(C)(C)C. The molecule has 0 unspecified atom stereocenters. The van der Waals surface area contributed by atoms with E-state index in [4.69, 9.17) is 14.2 Å². The average molecular weight is 597 g/mol. The number of benzene rings is 2. The first kappa shape index (κ1) is 32.8. The minimum Gasteiger partial charge on any atom is -0.488 e. The minimum absolute atomic E-state index is 0.0141. The third-order valence-corrected chi connectivity index (χ3v) is 6.55. The van der Waals surface area contributed by atoms with Crippen molar-refractivity contribution in [3.63, 3.8) is 0 Å². The Labute approximate surface area is 243 Å². The summed E-state index contributed by atoms with van der Waals surface area (Å²) >= 11 is 0. The molecule has 3 rings (SSSR count). The van der Waals surface area contributed by atoms with Crippen LogP contribution in [0.4, 0.5) is 23.7 Å². The zero-order valence-corrected chi connectivity index (χ0v) is 24.4. The molecular weight excluding hydrogens is 557 g/mol. The number of rotatable bonds is 13. The van der Waals surface area contributed by atoms with Crippen LogP contribution >= 0.6 is 0 Å². The molecule has 1 aliphatic heterocycles. The number of halogens is 3. The summed E-state index contributed by atoms with van der Waals surface area (Å²) in [5.41, 5.74) is 1.69. The van der Waals surface area contributed by atoms with Gasteiger partial charge >= 0.3 is 18.2 Å². The first-order chi connectivity index (χ1) is 19.7. The number of nitrogens with zero attached hydrogens (tertiary/aromatic N) is 2. The minimum atomic E-state index is -4.51. The van der Waals surface area contributed by atoms with Gasteiger partial charge in [-0.05, 0) is 76.3 Å². The Bertz CT molecular complexity index is 1230. The van der Waals surface area contributed by atoms with Crippen LogP contribution in [0.3, 0.4) is 0 Å². The summed E-state index contributed by atoms with van der Waals surface area (Å²) in [5.74, 6) is -1.02. The van der Waals surface area contributed by atoms with Gasteiger partial charge in [-0.15, -0.1) is 0 Å². The van der Waals surface area contributed by atoms with E-state index in [1.165, 1.54) is 23.1 Å². The van der Waals surface area contributed by atoms with Crippen LogP contribution in [0.5, 0.6) is 11.5 Å². The third kappa shape index (κ3) is 9.43. The maximum Gasteiger partial charge on any atom is 0.422 e. The summed E-state index contributed by atoms with van der Waals surface area (Å²) in [5, 5.41) is 19.2. The van der Waals surface area contributed by atoms with E-state index in [2.05, 4.69) is 0 Å². The second-order valence-electron chi connectivity index (χ2n) is 11.2. The number of carboxylic acids is 1. The third-order valence-electron chi connectivity index (χ3n) is 6.55. The predicted molar refractivity (Wildman–Crippen MR) is 151 cm³/mol. The predicted octanol–water partition coefficient (Wildman–Crippen LogP) is 5.32. The number of alkyl halides is 3. The molecule has 2 N–H and O–H groups in total. The Kier molecular flexibility index (Phi) is 10.9. The number of hydrogen-bond donors (Lipinski definition) is 2. The van der Waals surface area contributed by atoms with E-state index in [-0.39, 0.29) is 36.8 Å². The largest absolute Gasteiger partial charge is 0.488 e. The highest BCUT2D eigenvalue weighted by atomic mass is 19.4. The highest BCUT2D eigenvalue weighted by molar-refractivity contribution is 5.96. The van der Waals surface area contributed by atoms with Crippen molar-refractivity contribution in [2.24, 2.45) is 0 Å². The molecule has 42 heavy (non-hydrogen) atoms. The van der Waals surface area contributed by atoms with Gasteiger partial charge in [-0.3, -0.25) is 0 Å². The van der Waals surface area contributed by atoms with Crippen molar-refractivity contribution >= 4 is 17.7 Å². The second kappa shape index (κ2) is 14.0. The van der Waals surface area contributed by atoms with Crippen LogP contribution < -0.4 is 14.4 Å². The molecule has 1 heterocycles. The highest BCUT2D eigenvalue weighted by Gasteiger charge is 2.30.